The second-order valence-electron chi connectivity index (χ2n) is 4.82. The van der Waals surface area contributed by atoms with E-state index in [9.17, 15) is 4.79 Å². The quantitative estimate of drug-likeness (QED) is 0.680. The van der Waals surface area contributed by atoms with Gasteiger partial charge in [0.05, 0.1) is 12.6 Å². The summed E-state index contributed by atoms with van der Waals surface area (Å²) in [7, 11) is 1.62. The number of nitrogens with one attached hydrogen (secondary N) is 1. The first-order valence-electron chi connectivity index (χ1n) is 5.74. The van der Waals surface area contributed by atoms with Gasteiger partial charge in [-0.15, -0.1) is 0 Å². The van der Waals surface area contributed by atoms with Crippen molar-refractivity contribution >= 4 is 5.91 Å². The Kier molecular flexibility index (Phi) is 3.26. The summed E-state index contributed by atoms with van der Waals surface area (Å²) in [6.07, 6.45) is 3.52. The fraction of sp³-hybridized carbons (Fsp3) is 0.909. The summed E-state index contributed by atoms with van der Waals surface area (Å²) in [6.45, 7) is 0.945. The van der Waals surface area contributed by atoms with Gasteiger partial charge in [-0.1, -0.05) is 0 Å². The number of carbonyl (C=O) groups excluding carboxylic acids is 1. The molecule has 0 aromatic heterocycles. The molecule has 15 heavy (non-hydrogen) atoms. The summed E-state index contributed by atoms with van der Waals surface area (Å²) in [6, 6.07) is -0.0283. The van der Waals surface area contributed by atoms with E-state index in [0.717, 1.165) is 24.7 Å². The molecular weight excluding hydrogens is 192 g/mol. The Hall–Kier alpha value is -0.610. The van der Waals surface area contributed by atoms with Crippen LogP contribution in [-0.2, 0) is 9.53 Å². The minimum absolute atomic E-state index is 0.0283. The topological polar surface area (TPSA) is 64.3 Å². The lowest BCUT2D eigenvalue weighted by atomic mass is 10.0. The molecule has 0 aliphatic heterocycles. The summed E-state index contributed by atoms with van der Waals surface area (Å²) in [5.41, 5.74) is 5.55. The zero-order chi connectivity index (χ0) is 10.8. The molecule has 0 bridgehead atoms. The Bertz CT molecular complexity index is 235. The number of rotatable bonds is 5. The van der Waals surface area contributed by atoms with Crippen molar-refractivity contribution in [2.75, 3.05) is 20.3 Å². The molecule has 1 amide bonds. The average Bonchev–Trinajstić information content (AvgIpc) is 2.85. The van der Waals surface area contributed by atoms with Crippen LogP contribution in [0.2, 0.25) is 0 Å². The molecule has 0 aromatic carbocycles. The molecule has 3 N–H and O–H groups in total. The van der Waals surface area contributed by atoms with Crippen LogP contribution in [0.3, 0.4) is 0 Å². The molecule has 4 nitrogen and oxygen atoms in total. The van der Waals surface area contributed by atoms with Crippen molar-refractivity contribution in [3.05, 3.63) is 0 Å². The van der Waals surface area contributed by atoms with Gasteiger partial charge in [0, 0.05) is 19.6 Å². The third-order valence-electron chi connectivity index (χ3n) is 3.61. The van der Waals surface area contributed by atoms with E-state index in [-0.39, 0.29) is 17.9 Å². The van der Waals surface area contributed by atoms with Crippen LogP contribution in [-0.4, -0.2) is 32.2 Å². The van der Waals surface area contributed by atoms with E-state index < -0.39 is 0 Å². The lowest BCUT2D eigenvalue weighted by Crippen LogP contribution is -2.45. The summed E-state index contributed by atoms with van der Waals surface area (Å²) in [4.78, 5) is 11.8. The summed E-state index contributed by atoms with van der Waals surface area (Å²) in [5, 5.41) is 2.96. The maximum atomic E-state index is 11.8. The minimum Gasteiger partial charge on any atom is -0.383 e. The molecule has 0 aromatic rings. The number of amides is 1. The summed E-state index contributed by atoms with van der Waals surface area (Å²) < 4.78 is 4.99. The van der Waals surface area contributed by atoms with Gasteiger partial charge in [-0.2, -0.15) is 0 Å². The second kappa shape index (κ2) is 4.49. The molecule has 3 atom stereocenters. The van der Waals surface area contributed by atoms with Crippen molar-refractivity contribution in [3.8, 4) is 0 Å². The number of nitrogens with two attached hydrogens (primary N) is 1. The van der Waals surface area contributed by atoms with Gasteiger partial charge in [-0.05, 0) is 31.1 Å². The molecule has 2 rings (SSSR count). The van der Waals surface area contributed by atoms with Crippen LogP contribution in [0.25, 0.3) is 0 Å². The highest BCUT2D eigenvalue weighted by atomic mass is 16.5. The number of hydrogen-bond donors (Lipinski definition) is 2. The monoisotopic (exact) mass is 212 g/mol. The lowest BCUT2D eigenvalue weighted by Gasteiger charge is -2.19. The predicted molar refractivity (Wildman–Crippen MR) is 57.2 cm³/mol. The van der Waals surface area contributed by atoms with Crippen molar-refractivity contribution in [1.82, 2.24) is 5.32 Å². The molecular formula is C11H20N2O2. The van der Waals surface area contributed by atoms with Crippen LogP contribution in [0.15, 0.2) is 0 Å². The number of hydrogen-bond acceptors (Lipinski definition) is 3. The van der Waals surface area contributed by atoms with Gasteiger partial charge in [0.2, 0.25) is 5.91 Å². The molecule has 4 heteroatoms. The van der Waals surface area contributed by atoms with E-state index >= 15 is 0 Å². The Balaban J connectivity index is 1.75. The van der Waals surface area contributed by atoms with Crippen LogP contribution < -0.4 is 11.1 Å². The molecule has 3 unspecified atom stereocenters. The van der Waals surface area contributed by atoms with Crippen LogP contribution in [0.5, 0.6) is 0 Å². The summed E-state index contributed by atoms with van der Waals surface area (Å²) >= 11 is 0. The van der Waals surface area contributed by atoms with Crippen LogP contribution in [0, 0.1) is 17.8 Å². The SMILES string of the molecule is COCC(CN)NC(=O)C1CC2CC2C1. The maximum absolute atomic E-state index is 11.8. The first-order valence-corrected chi connectivity index (χ1v) is 5.74. The molecule has 2 fully saturated rings. The van der Waals surface area contributed by atoms with Crippen molar-refractivity contribution in [1.29, 1.82) is 0 Å². The van der Waals surface area contributed by atoms with Gasteiger partial charge >= 0.3 is 0 Å². The third kappa shape index (κ3) is 2.49. The number of fused-ring (bicyclic) bond motifs is 1. The van der Waals surface area contributed by atoms with Crippen LogP contribution >= 0.6 is 0 Å². The second-order valence-corrected chi connectivity index (χ2v) is 4.82. The van der Waals surface area contributed by atoms with Crippen molar-refractivity contribution in [2.24, 2.45) is 23.5 Å². The Morgan fingerprint density at radius 1 is 1.47 bits per heavy atom. The molecule has 0 saturated heterocycles. The smallest absolute Gasteiger partial charge is 0.223 e. The highest BCUT2D eigenvalue weighted by Crippen LogP contribution is 2.54. The van der Waals surface area contributed by atoms with E-state index in [2.05, 4.69) is 5.32 Å². The fourth-order valence-corrected chi connectivity index (χ4v) is 2.62. The fourth-order valence-electron chi connectivity index (χ4n) is 2.62. The zero-order valence-electron chi connectivity index (χ0n) is 9.24. The highest BCUT2D eigenvalue weighted by Gasteiger charge is 2.48. The number of ether oxygens (including phenoxy) is 1. The largest absolute Gasteiger partial charge is 0.383 e. The van der Waals surface area contributed by atoms with E-state index in [4.69, 9.17) is 10.5 Å². The molecule has 2 saturated carbocycles. The lowest BCUT2D eigenvalue weighted by molar-refractivity contribution is -0.126. The minimum atomic E-state index is -0.0283. The molecule has 2 aliphatic carbocycles. The van der Waals surface area contributed by atoms with Gasteiger partial charge in [-0.3, -0.25) is 4.79 Å². The van der Waals surface area contributed by atoms with Crippen molar-refractivity contribution in [2.45, 2.75) is 25.3 Å². The van der Waals surface area contributed by atoms with Crippen LogP contribution in [0.4, 0.5) is 0 Å². The van der Waals surface area contributed by atoms with Gasteiger partial charge in [0.15, 0.2) is 0 Å². The zero-order valence-corrected chi connectivity index (χ0v) is 9.24. The van der Waals surface area contributed by atoms with E-state index in [1.165, 1.54) is 6.42 Å². The molecule has 0 radical (unpaired) electrons. The van der Waals surface area contributed by atoms with Gasteiger partial charge in [0.1, 0.15) is 0 Å². The molecule has 86 valence electrons. The first kappa shape index (κ1) is 10.9. The highest BCUT2D eigenvalue weighted by molar-refractivity contribution is 5.79. The van der Waals surface area contributed by atoms with Gasteiger partial charge in [0.25, 0.3) is 0 Å². The molecule has 0 heterocycles. The van der Waals surface area contributed by atoms with E-state index in [1.54, 1.807) is 7.11 Å². The summed E-state index contributed by atoms with van der Waals surface area (Å²) in [5.74, 6) is 2.10. The normalized spacial score (nSPS) is 34.7. The van der Waals surface area contributed by atoms with Crippen LogP contribution in [0.1, 0.15) is 19.3 Å². The Labute approximate surface area is 90.5 Å². The molecule has 0 spiro atoms. The standard InChI is InChI=1S/C11H20N2O2/c1-15-6-10(5-12)13-11(14)9-3-7-2-8(7)4-9/h7-10H,2-6,12H2,1H3,(H,13,14). The maximum Gasteiger partial charge on any atom is 0.223 e. The van der Waals surface area contributed by atoms with E-state index in [1.807, 2.05) is 0 Å². The predicted octanol–water partition coefficient (Wildman–Crippen LogP) is 0.122. The average molecular weight is 212 g/mol. The number of carbonyl (C=O) groups is 1. The Morgan fingerprint density at radius 2 is 2.13 bits per heavy atom. The Morgan fingerprint density at radius 3 is 2.67 bits per heavy atom. The van der Waals surface area contributed by atoms with Gasteiger partial charge < -0.3 is 15.8 Å². The van der Waals surface area contributed by atoms with Crippen molar-refractivity contribution < 1.29 is 9.53 Å². The molecule has 2 aliphatic rings. The van der Waals surface area contributed by atoms with Gasteiger partial charge in [-0.25, -0.2) is 0 Å². The number of methoxy groups -OCH3 is 1. The van der Waals surface area contributed by atoms with Crippen molar-refractivity contribution in [3.63, 3.8) is 0 Å². The van der Waals surface area contributed by atoms with E-state index in [0.29, 0.717) is 13.2 Å². The third-order valence-corrected chi connectivity index (χ3v) is 3.61. The first-order chi connectivity index (χ1) is 7.24.